The number of methoxy groups -OCH3 is 1. The molecule has 0 fully saturated rings. The van der Waals surface area contributed by atoms with Crippen molar-refractivity contribution < 1.29 is 4.74 Å². The Labute approximate surface area is 154 Å². The monoisotopic (exact) mass is 345 g/mol. The number of nitrogens with one attached hydrogen (secondary N) is 1. The summed E-state index contributed by atoms with van der Waals surface area (Å²) in [4.78, 5) is 9.49. The summed E-state index contributed by atoms with van der Waals surface area (Å²) in [5.74, 6) is 2.25. The van der Waals surface area contributed by atoms with E-state index in [2.05, 4.69) is 24.9 Å². The molecule has 0 saturated heterocycles. The molecule has 3 rings (SSSR count). The number of nitrogens with zero attached hydrogens (tertiary/aromatic N) is 2. The fraction of sp³-hybridized carbons (Fsp3) is 0.182. The third-order valence-electron chi connectivity index (χ3n) is 4.20. The standard InChI is InChI=1S/C22H23N3O/c1-5-9-18-16(3)23-21(17-10-7-6-8-11-17)25-22(18)24-19-14-15(2)12-13-20(19)26-4/h5-8,10-14H,1,9H2,2-4H3,(H,23,24,25). The Morgan fingerprint density at radius 2 is 1.85 bits per heavy atom. The Hall–Kier alpha value is -3.14. The number of anilines is 2. The Bertz CT molecular complexity index is 920. The molecular formula is C22H23N3O. The number of rotatable bonds is 6. The SMILES string of the molecule is C=CCc1c(C)nc(-c2ccccc2)nc1Nc1cc(C)ccc1OC. The highest BCUT2D eigenvalue weighted by molar-refractivity contribution is 5.69. The maximum absolute atomic E-state index is 5.49. The molecule has 26 heavy (non-hydrogen) atoms. The first-order valence-corrected chi connectivity index (χ1v) is 8.58. The van der Waals surface area contributed by atoms with Crippen LogP contribution < -0.4 is 10.1 Å². The molecule has 4 nitrogen and oxygen atoms in total. The summed E-state index contributed by atoms with van der Waals surface area (Å²) in [7, 11) is 1.67. The van der Waals surface area contributed by atoms with Gasteiger partial charge >= 0.3 is 0 Å². The molecule has 0 bridgehead atoms. The van der Waals surface area contributed by atoms with Crippen molar-refractivity contribution in [3.63, 3.8) is 0 Å². The molecule has 0 aliphatic rings. The molecule has 0 aliphatic heterocycles. The third kappa shape index (κ3) is 3.75. The minimum absolute atomic E-state index is 0.692. The third-order valence-corrected chi connectivity index (χ3v) is 4.20. The molecule has 1 heterocycles. The Kier molecular flexibility index (Phi) is 5.32. The van der Waals surface area contributed by atoms with Gasteiger partial charge in [-0.25, -0.2) is 9.97 Å². The van der Waals surface area contributed by atoms with Crippen LogP contribution in [0.5, 0.6) is 5.75 Å². The zero-order valence-corrected chi connectivity index (χ0v) is 15.4. The minimum atomic E-state index is 0.692. The van der Waals surface area contributed by atoms with E-state index in [-0.39, 0.29) is 0 Å². The van der Waals surface area contributed by atoms with Crippen LogP contribution in [0.25, 0.3) is 11.4 Å². The lowest BCUT2D eigenvalue weighted by atomic mass is 10.1. The number of hydrogen-bond acceptors (Lipinski definition) is 4. The molecule has 0 radical (unpaired) electrons. The lowest BCUT2D eigenvalue weighted by Crippen LogP contribution is -2.06. The van der Waals surface area contributed by atoms with E-state index in [1.165, 1.54) is 0 Å². The topological polar surface area (TPSA) is 47.0 Å². The van der Waals surface area contributed by atoms with E-state index in [0.29, 0.717) is 12.2 Å². The van der Waals surface area contributed by atoms with Gasteiger partial charge in [-0.1, -0.05) is 42.5 Å². The summed E-state index contributed by atoms with van der Waals surface area (Å²) in [5.41, 5.74) is 4.98. The van der Waals surface area contributed by atoms with Gasteiger partial charge in [0.2, 0.25) is 0 Å². The van der Waals surface area contributed by atoms with Crippen LogP contribution >= 0.6 is 0 Å². The van der Waals surface area contributed by atoms with E-state index < -0.39 is 0 Å². The fourth-order valence-electron chi connectivity index (χ4n) is 2.85. The van der Waals surface area contributed by atoms with Gasteiger partial charge in [-0.3, -0.25) is 0 Å². The number of aryl methyl sites for hydroxylation is 2. The van der Waals surface area contributed by atoms with Crippen molar-refractivity contribution in [3.8, 4) is 17.1 Å². The molecule has 3 aromatic rings. The number of hydrogen-bond donors (Lipinski definition) is 1. The molecule has 0 aliphatic carbocycles. The number of benzene rings is 2. The largest absolute Gasteiger partial charge is 0.495 e. The lowest BCUT2D eigenvalue weighted by molar-refractivity contribution is 0.416. The van der Waals surface area contributed by atoms with Crippen molar-refractivity contribution in [3.05, 3.63) is 78.0 Å². The van der Waals surface area contributed by atoms with Gasteiger partial charge in [-0.2, -0.15) is 0 Å². The number of aromatic nitrogens is 2. The number of ether oxygens (including phenoxy) is 1. The van der Waals surface area contributed by atoms with Crippen LogP contribution in [0.2, 0.25) is 0 Å². The highest BCUT2D eigenvalue weighted by Crippen LogP contribution is 2.31. The maximum atomic E-state index is 5.49. The van der Waals surface area contributed by atoms with Crippen molar-refractivity contribution in [2.75, 3.05) is 12.4 Å². The first kappa shape index (κ1) is 17.7. The molecule has 2 aromatic carbocycles. The summed E-state index contributed by atoms with van der Waals surface area (Å²) in [6.07, 6.45) is 2.56. The zero-order chi connectivity index (χ0) is 18.5. The van der Waals surface area contributed by atoms with Crippen LogP contribution in [-0.4, -0.2) is 17.1 Å². The van der Waals surface area contributed by atoms with Gasteiger partial charge in [0.25, 0.3) is 0 Å². The Morgan fingerprint density at radius 1 is 1.08 bits per heavy atom. The van der Waals surface area contributed by atoms with Crippen molar-refractivity contribution in [2.24, 2.45) is 0 Å². The predicted molar refractivity (Wildman–Crippen MR) is 107 cm³/mol. The summed E-state index contributed by atoms with van der Waals surface area (Å²) < 4.78 is 5.49. The van der Waals surface area contributed by atoms with Crippen LogP contribution in [-0.2, 0) is 6.42 Å². The van der Waals surface area contributed by atoms with Crippen LogP contribution in [0.15, 0.2) is 61.2 Å². The zero-order valence-electron chi connectivity index (χ0n) is 15.4. The van der Waals surface area contributed by atoms with E-state index in [1.807, 2.05) is 55.5 Å². The summed E-state index contributed by atoms with van der Waals surface area (Å²) in [6.45, 7) is 7.92. The molecule has 4 heteroatoms. The van der Waals surface area contributed by atoms with Crippen molar-refractivity contribution in [1.82, 2.24) is 9.97 Å². The van der Waals surface area contributed by atoms with E-state index >= 15 is 0 Å². The molecular weight excluding hydrogens is 322 g/mol. The van der Waals surface area contributed by atoms with E-state index in [1.54, 1.807) is 7.11 Å². The van der Waals surface area contributed by atoms with Crippen molar-refractivity contribution >= 4 is 11.5 Å². The molecule has 132 valence electrons. The van der Waals surface area contributed by atoms with E-state index in [4.69, 9.17) is 14.7 Å². The van der Waals surface area contributed by atoms with Gasteiger partial charge in [0.1, 0.15) is 11.6 Å². The quantitative estimate of drug-likeness (QED) is 0.621. The minimum Gasteiger partial charge on any atom is -0.495 e. The van der Waals surface area contributed by atoms with E-state index in [0.717, 1.165) is 39.6 Å². The summed E-state index contributed by atoms with van der Waals surface area (Å²) >= 11 is 0. The predicted octanol–water partition coefficient (Wildman–Crippen LogP) is 5.24. The van der Waals surface area contributed by atoms with Crippen LogP contribution in [0.3, 0.4) is 0 Å². The Morgan fingerprint density at radius 3 is 2.54 bits per heavy atom. The second-order valence-electron chi connectivity index (χ2n) is 6.15. The lowest BCUT2D eigenvalue weighted by Gasteiger charge is -2.16. The molecule has 0 spiro atoms. The van der Waals surface area contributed by atoms with Gasteiger partial charge in [0.15, 0.2) is 5.82 Å². The smallest absolute Gasteiger partial charge is 0.161 e. The van der Waals surface area contributed by atoms with Crippen molar-refractivity contribution in [2.45, 2.75) is 20.3 Å². The molecule has 0 unspecified atom stereocenters. The molecule has 0 saturated carbocycles. The molecule has 0 atom stereocenters. The van der Waals surface area contributed by atoms with Crippen LogP contribution in [0.1, 0.15) is 16.8 Å². The maximum Gasteiger partial charge on any atom is 0.161 e. The Balaban J connectivity index is 2.11. The summed E-state index contributed by atoms with van der Waals surface area (Å²) in [5, 5.41) is 3.44. The average Bonchev–Trinajstić information content (AvgIpc) is 2.65. The number of allylic oxidation sites excluding steroid dienone is 1. The second kappa shape index (κ2) is 7.83. The first-order chi connectivity index (χ1) is 12.6. The van der Waals surface area contributed by atoms with Crippen LogP contribution in [0.4, 0.5) is 11.5 Å². The van der Waals surface area contributed by atoms with Gasteiger partial charge in [-0.05, 0) is 38.0 Å². The van der Waals surface area contributed by atoms with Gasteiger partial charge in [-0.15, -0.1) is 6.58 Å². The fourth-order valence-corrected chi connectivity index (χ4v) is 2.85. The van der Waals surface area contributed by atoms with E-state index in [9.17, 15) is 0 Å². The van der Waals surface area contributed by atoms with Crippen LogP contribution in [0, 0.1) is 13.8 Å². The van der Waals surface area contributed by atoms with Gasteiger partial charge in [0, 0.05) is 16.8 Å². The molecule has 0 amide bonds. The van der Waals surface area contributed by atoms with Crippen molar-refractivity contribution in [1.29, 1.82) is 0 Å². The van der Waals surface area contributed by atoms with Gasteiger partial charge in [0.05, 0.1) is 12.8 Å². The first-order valence-electron chi connectivity index (χ1n) is 8.58. The average molecular weight is 345 g/mol. The summed E-state index contributed by atoms with van der Waals surface area (Å²) in [6, 6.07) is 16.0. The highest BCUT2D eigenvalue weighted by Gasteiger charge is 2.14. The molecule has 1 N–H and O–H groups in total. The highest BCUT2D eigenvalue weighted by atomic mass is 16.5. The molecule has 1 aromatic heterocycles. The van der Waals surface area contributed by atoms with Gasteiger partial charge < -0.3 is 10.1 Å². The second-order valence-corrected chi connectivity index (χ2v) is 6.15. The normalized spacial score (nSPS) is 10.4.